The summed E-state index contributed by atoms with van der Waals surface area (Å²) in [6.45, 7) is 0. The number of nitrogens with zero attached hydrogens (tertiary/aromatic N) is 1. The monoisotopic (exact) mass is 169 g/mol. The standard InChI is InChI=1S/C4H5Cl2NO2/c5-3(6)4(8)1-2-7-9-4/h2-3,8H,1H2/t4-/m1/s1. The Morgan fingerprint density at radius 2 is 2.44 bits per heavy atom. The van der Waals surface area contributed by atoms with Gasteiger partial charge in [0.15, 0.2) is 4.84 Å². The van der Waals surface area contributed by atoms with E-state index < -0.39 is 10.6 Å². The second-order valence-corrected chi connectivity index (χ2v) is 2.83. The quantitative estimate of drug-likeness (QED) is 0.593. The summed E-state index contributed by atoms with van der Waals surface area (Å²) in [6, 6.07) is 0. The largest absolute Gasteiger partial charge is 0.357 e. The number of alkyl halides is 2. The molecule has 0 saturated heterocycles. The SMILES string of the molecule is O[C@]1(C(Cl)Cl)CC=NO1. The summed E-state index contributed by atoms with van der Waals surface area (Å²) in [5, 5.41) is 12.5. The van der Waals surface area contributed by atoms with Crippen molar-refractivity contribution in [2.24, 2.45) is 5.16 Å². The number of rotatable bonds is 1. The van der Waals surface area contributed by atoms with Gasteiger partial charge in [-0.3, -0.25) is 0 Å². The van der Waals surface area contributed by atoms with Gasteiger partial charge in [0, 0.05) is 0 Å². The van der Waals surface area contributed by atoms with Crippen molar-refractivity contribution in [2.45, 2.75) is 17.0 Å². The van der Waals surface area contributed by atoms with Gasteiger partial charge in [-0.05, 0) is 0 Å². The number of aliphatic hydroxyl groups is 1. The van der Waals surface area contributed by atoms with Crippen molar-refractivity contribution in [3.8, 4) is 0 Å². The summed E-state index contributed by atoms with van der Waals surface area (Å²) in [5.41, 5.74) is 0. The molecule has 1 atom stereocenters. The Morgan fingerprint density at radius 1 is 1.78 bits per heavy atom. The molecule has 0 saturated carbocycles. The van der Waals surface area contributed by atoms with Crippen LogP contribution in [0.3, 0.4) is 0 Å². The Balaban J connectivity index is 2.55. The first-order valence-electron chi connectivity index (χ1n) is 2.36. The molecule has 1 heterocycles. The van der Waals surface area contributed by atoms with Gasteiger partial charge in [0.2, 0.25) is 0 Å². The van der Waals surface area contributed by atoms with Crippen LogP contribution in [0.4, 0.5) is 0 Å². The molecule has 0 bridgehead atoms. The van der Waals surface area contributed by atoms with Gasteiger partial charge in [-0.25, -0.2) is 0 Å². The molecule has 1 rings (SSSR count). The Labute approximate surface area is 62.2 Å². The van der Waals surface area contributed by atoms with Crippen LogP contribution in [0.1, 0.15) is 6.42 Å². The second kappa shape index (κ2) is 2.33. The first-order valence-corrected chi connectivity index (χ1v) is 3.23. The predicted molar refractivity (Wildman–Crippen MR) is 34.6 cm³/mol. The first-order chi connectivity index (χ1) is 4.15. The molecular weight excluding hydrogens is 165 g/mol. The van der Waals surface area contributed by atoms with Crippen LogP contribution in [0.15, 0.2) is 5.16 Å². The van der Waals surface area contributed by atoms with E-state index in [0.29, 0.717) is 0 Å². The van der Waals surface area contributed by atoms with Crippen LogP contribution >= 0.6 is 23.2 Å². The summed E-state index contributed by atoms with van der Waals surface area (Å²) in [6.07, 6.45) is 1.66. The Morgan fingerprint density at radius 3 is 2.67 bits per heavy atom. The highest BCUT2D eigenvalue weighted by Gasteiger charge is 2.39. The highest BCUT2D eigenvalue weighted by atomic mass is 35.5. The summed E-state index contributed by atoms with van der Waals surface area (Å²) in [7, 11) is 0. The Kier molecular flexibility index (Phi) is 1.84. The molecule has 1 aliphatic heterocycles. The van der Waals surface area contributed by atoms with Gasteiger partial charge in [0.05, 0.1) is 12.6 Å². The average Bonchev–Trinajstić information content (AvgIpc) is 2.16. The summed E-state index contributed by atoms with van der Waals surface area (Å²) in [4.78, 5) is 3.50. The summed E-state index contributed by atoms with van der Waals surface area (Å²) in [5.74, 6) is -1.50. The van der Waals surface area contributed by atoms with Crippen LogP contribution in [0.2, 0.25) is 0 Å². The highest BCUT2D eigenvalue weighted by Crippen LogP contribution is 2.27. The highest BCUT2D eigenvalue weighted by molar-refractivity contribution is 6.45. The van der Waals surface area contributed by atoms with E-state index in [1.807, 2.05) is 0 Å². The van der Waals surface area contributed by atoms with Gasteiger partial charge in [-0.1, -0.05) is 28.4 Å². The van der Waals surface area contributed by atoms with Crippen molar-refractivity contribution in [1.29, 1.82) is 0 Å². The van der Waals surface area contributed by atoms with E-state index in [-0.39, 0.29) is 6.42 Å². The molecular formula is C4H5Cl2NO2. The fourth-order valence-corrected chi connectivity index (χ4v) is 0.721. The molecule has 0 aliphatic carbocycles. The normalized spacial score (nSPS) is 33.3. The van der Waals surface area contributed by atoms with Crippen LogP contribution in [0.25, 0.3) is 0 Å². The lowest BCUT2D eigenvalue weighted by atomic mass is 10.2. The number of hydrogen-bond acceptors (Lipinski definition) is 3. The van der Waals surface area contributed by atoms with Crippen molar-refractivity contribution >= 4 is 29.4 Å². The lowest BCUT2D eigenvalue weighted by Gasteiger charge is -2.19. The lowest BCUT2D eigenvalue weighted by molar-refractivity contribution is -0.174. The van der Waals surface area contributed by atoms with E-state index in [1.54, 1.807) is 0 Å². The topological polar surface area (TPSA) is 41.8 Å². The minimum absolute atomic E-state index is 0.241. The fraction of sp³-hybridized carbons (Fsp3) is 0.750. The summed E-state index contributed by atoms with van der Waals surface area (Å²) < 4.78 is 0. The van der Waals surface area contributed by atoms with Crippen LogP contribution in [0.5, 0.6) is 0 Å². The molecule has 3 nitrogen and oxygen atoms in total. The van der Waals surface area contributed by atoms with Gasteiger partial charge in [0.1, 0.15) is 0 Å². The molecule has 0 aromatic carbocycles. The van der Waals surface area contributed by atoms with Crippen LogP contribution in [-0.4, -0.2) is 21.9 Å². The smallest absolute Gasteiger partial charge is 0.269 e. The second-order valence-electron chi connectivity index (χ2n) is 1.73. The molecule has 1 aliphatic rings. The van der Waals surface area contributed by atoms with E-state index in [4.69, 9.17) is 28.3 Å². The predicted octanol–water partition coefficient (Wildman–Crippen LogP) is 0.885. The zero-order valence-corrected chi connectivity index (χ0v) is 5.93. The van der Waals surface area contributed by atoms with Gasteiger partial charge in [-0.2, -0.15) is 0 Å². The molecule has 9 heavy (non-hydrogen) atoms. The van der Waals surface area contributed by atoms with Crippen molar-refractivity contribution in [2.75, 3.05) is 0 Å². The van der Waals surface area contributed by atoms with E-state index in [1.165, 1.54) is 6.21 Å². The molecule has 5 heteroatoms. The molecule has 0 unspecified atom stereocenters. The third-order valence-corrected chi connectivity index (χ3v) is 1.69. The lowest BCUT2D eigenvalue weighted by Crippen LogP contribution is -2.34. The average molecular weight is 170 g/mol. The molecule has 0 fully saturated rings. The van der Waals surface area contributed by atoms with Gasteiger partial charge < -0.3 is 9.94 Å². The minimum Gasteiger partial charge on any atom is -0.357 e. The van der Waals surface area contributed by atoms with Crippen molar-refractivity contribution in [3.05, 3.63) is 0 Å². The molecule has 0 aromatic rings. The number of oxime groups is 1. The zero-order valence-electron chi connectivity index (χ0n) is 4.42. The molecule has 0 aromatic heterocycles. The Bertz CT molecular complexity index is 129. The molecule has 0 radical (unpaired) electrons. The molecule has 0 spiro atoms. The molecule has 1 N–H and O–H groups in total. The molecule has 0 amide bonds. The minimum atomic E-state index is -1.50. The Hall–Kier alpha value is 0.01000. The fourth-order valence-electron chi connectivity index (χ4n) is 0.463. The number of halogens is 2. The van der Waals surface area contributed by atoms with Crippen molar-refractivity contribution in [1.82, 2.24) is 0 Å². The third kappa shape index (κ3) is 1.28. The maximum absolute atomic E-state index is 9.16. The van der Waals surface area contributed by atoms with Crippen LogP contribution in [0, 0.1) is 0 Å². The van der Waals surface area contributed by atoms with E-state index >= 15 is 0 Å². The van der Waals surface area contributed by atoms with Crippen LogP contribution in [-0.2, 0) is 4.84 Å². The maximum Gasteiger partial charge on any atom is 0.269 e. The van der Waals surface area contributed by atoms with E-state index in [0.717, 1.165) is 0 Å². The van der Waals surface area contributed by atoms with Gasteiger partial charge in [0.25, 0.3) is 5.79 Å². The third-order valence-electron chi connectivity index (χ3n) is 1.01. The van der Waals surface area contributed by atoms with E-state index in [9.17, 15) is 0 Å². The first kappa shape index (κ1) is 7.12. The summed E-state index contributed by atoms with van der Waals surface area (Å²) >= 11 is 10.7. The number of hydrogen-bond donors (Lipinski definition) is 1. The van der Waals surface area contributed by atoms with Gasteiger partial charge >= 0.3 is 0 Å². The van der Waals surface area contributed by atoms with E-state index in [2.05, 4.69) is 9.99 Å². The molecule has 52 valence electrons. The van der Waals surface area contributed by atoms with Crippen LogP contribution < -0.4 is 0 Å². The maximum atomic E-state index is 9.16. The zero-order chi connectivity index (χ0) is 6.91. The van der Waals surface area contributed by atoms with Crippen molar-refractivity contribution < 1.29 is 9.94 Å². The van der Waals surface area contributed by atoms with Gasteiger partial charge in [-0.15, -0.1) is 0 Å². The van der Waals surface area contributed by atoms with Crippen molar-refractivity contribution in [3.63, 3.8) is 0 Å².